The molecule has 2 aliphatic heterocycles. The van der Waals surface area contributed by atoms with Crippen LogP contribution in [0.3, 0.4) is 0 Å². The number of rotatable bonds is 10. The van der Waals surface area contributed by atoms with Crippen LogP contribution in [0.25, 0.3) is 0 Å². The number of hydrogen-bond acceptors (Lipinski definition) is 8. The van der Waals surface area contributed by atoms with Gasteiger partial charge in [0.1, 0.15) is 0 Å². The zero-order valence-electron chi connectivity index (χ0n) is 22.2. The monoisotopic (exact) mass is 514 g/mol. The molecule has 4 rings (SSSR count). The van der Waals surface area contributed by atoms with Gasteiger partial charge in [0.25, 0.3) is 0 Å². The van der Waals surface area contributed by atoms with Gasteiger partial charge < -0.3 is 19.9 Å². The predicted octanol–water partition coefficient (Wildman–Crippen LogP) is 4.18. The molecule has 0 bridgehead atoms. The number of likely N-dealkylation sites (tertiary alicyclic amines) is 1. The van der Waals surface area contributed by atoms with E-state index in [1.807, 2.05) is 36.9 Å². The lowest BCUT2D eigenvalue weighted by atomic mass is 10.1. The minimum atomic E-state index is -0.818. The number of carboxylic acids is 1. The Morgan fingerprint density at radius 1 is 1.03 bits per heavy atom. The number of pyridine rings is 2. The Morgan fingerprint density at radius 3 is 2.30 bits per heavy atom. The van der Waals surface area contributed by atoms with Crippen LogP contribution in [-0.4, -0.2) is 72.4 Å². The van der Waals surface area contributed by atoms with Gasteiger partial charge in [-0.1, -0.05) is 12.1 Å². The van der Waals surface area contributed by atoms with Crippen molar-refractivity contribution in [3.05, 3.63) is 60.2 Å². The molecule has 2 saturated heterocycles. The summed E-state index contributed by atoms with van der Waals surface area (Å²) in [4.78, 5) is 31.5. The van der Waals surface area contributed by atoms with Gasteiger partial charge >= 0.3 is 11.9 Å². The normalized spacial score (nSPS) is 18.8. The van der Waals surface area contributed by atoms with Gasteiger partial charge in [-0.05, 0) is 81.4 Å². The van der Waals surface area contributed by atoms with Crippen LogP contribution in [0.2, 0.25) is 0 Å². The second-order valence-corrected chi connectivity index (χ2v) is 9.09. The van der Waals surface area contributed by atoms with E-state index in [-0.39, 0.29) is 12.4 Å². The van der Waals surface area contributed by atoms with Crippen LogP contribution in [0.1, 0.15) is 74.6 Å². The van der Waals surface area contributed by atoms with Crippen LogP contribution in [0, 0.1) is 0 Å². The molecular formula is C28H42N4O5. The number of ether oxygens (including phenoxy) is 2. The highest BCUT2D eigenvalue weighted by Gasteiger charge is 2.25. The summed E-state index contributed by atoms with van der Waals surface area (Å²) in [6.07, 6.45) is 15.1. The molecule has 2 fully saturated rings. The first-order valence-corrected chi connectivity index (χ1v) is 13.1. The van der Waals surface area contributed by atoms with Gasteiger partial charge in [-0.3, -0.25) is 24.5 Å². The third kappa shape index (κ3) is 12.3. The van der Waals surface area contributed by atoms with E-state index in [0.717, 1.165) is 32.5 Å². The maximum Gasteiger partial charge on any atom is 0.305 e. The zero-order chi connectivity index (χ0) is 26.7. The lowest BCUT2D eigenvalue weighted by molar-refractivity contribution is -0.141. The van der Waals surface area contributed by atoms with Gasteiger partial charge in [0.2, 0.25) is 0 Å². The first-order valence-electron chi connectivity index (χ1n) is 13.1. The summed E-state index contributed by atoms with van der Waals surface area (Å²) in [7, 11) is 2.92. The molecule has 0 aliphatic carbocycles. The van der Waals surface area contributed by atoms with Gasteiger partial charge in [-0.15, -0.1) is 0 Å². The second kappa shape index (κ2) is 18.4. The minimum absolute atomic E-state index is 0.0938. The topological polar surface area (TPSA) is 114 Å². The fraction of sp³-hybridized carbons (Fsp3) is 0.571. The molecule has 2 aromatic heterocycles. The molecule has 37 heavy (non-hydrogen) atoms. The van der Waals surface area contributed by atoms with E-state index >= 15 is 0 Å². The number of hydrogen-bond donors (Lipinski definition) is 2. The minimum Gasteiger partial charge on any atom is -0.481 e. The van der Waals surface area contributed by atoms with Gasteiger partial charge in [0.15, 0.2) is 0 Å². The molecular weight excluding hydrogens is 472 g/mol. The Bertz CT molecular complexity index is 879. The van der Waals surface area contributed by atoms with Crippen molar-refractivity contribution in [2.75, 3.05) is 40.5 Å². The summed E-state index contributed by atoms with van der Waals surface area (Å²) in [6, 6.07) is 9.36. The molecule has 0 aromatic carbocycles. The van der Waals surface area contributed by atoms with Crippen molar-refractivity contribution >= 4 is 11.9 Å². The number of carbonyl (C=O) groups excluding carboxylic acids is 1. The van der Waals surface area contributed by atoms with Crippen LogP contribution in [0.4, 0.5) is 0 Å². The van der Waals surface area contributed by atoms with Gasteiger partial charge in [-0.2, -0.15) is 0 Å². The smallest absolute Gasteiger partial charge is 0.305 e. The molecule has 0 amide bonds. The summed E-state index contributed by atoms with van der Waals surface area (Å²) in [5, 5.41) is 11.4. The molecule has 2 aromatic rings. The van der Waals surface area contributed by atoms with Crippen LogP contribution in [0.15, 0.2) is 49.1 Å². The lowest BCUT2D eigenvalue weighted by Crippen LogP contribution is -2.24. The Labute approximate surface area is 220 Å². The van der Waals surface area contributed by atoms with E-state index in [0.29, 0.717) is 25.1 Å². The van der Waals surface area contributed by atoms with Gasteiger partial charge in [-0.25, -0.2) is 0 Å². The van der Waals surface area contributed by atoms with Crippen molar-refractivity contribution in [1.29, 1.82) is 0 Å². The number of carboxylic acid groups (broad SMARTS) is 1. The maximum atomic E-state index is 11.0. The molecule has 2 N–H and O–H groups in total. The molecule has 2 aliphatic rings. The summed E-state index contributed by atoms with van der Waals surface area (Å²) in [6.45, 7) is 3.66. The molecule has 9 heteroatoms. The van der Waals surface area contributed by atoms with Crippen LogP contribution in [0.5, 0.6) is 0 Å². The Balaban J connectivity index is 0.000000225. The molecule has 2 atom stereocenters. The molecule has 0 radical (unpaired) electrons. The van der Waals surface area contributed by atoms with Crippen molar-refractivity contribution in [2.24, 2.45) is 0 Å². The summed E-state index contributed by atoms with van der Waals surface area (Å²) < 4.78 is 9.12. The third-order valence-corrected chi connectivity index (χ3v) is 6.40. The summed E-state index contributed by atoms with van der Waals surface area (Å²) in [5.74, 6) is -0.924. The van der Waals surface area contributed by atoms with Crippen molar-refractivity contribution < 1.29 is 24.2 Å². The fourth-order valence-electron chi connectivity index (χ4n) is 4.47. The molecule has 0 saturated carbocycles. The van der Waals surface area contributed by atoms with E-state index in [1.54, 1.807) is 0 Å². The predicted molar refractivity (Wildman–Crippen MR) is 142 cm³/mol. The zero-order valence-corrected chi connectivity index (χ0v) is 22.2. The average Bonchev–Trinajstić information content (AvgIpc) is 3.64. The van der Waals surface area contributed by atoms with Crippen LogP contribution >= 0.6 is 0 Å². The first-order chi connectivity index (χ1) is 18.0. The standard InChI is InChI=1S/C15H22N2O2.C9H12N2.C4H8O3/c1-19-15(18)8-2-3-10-17-11-5-7-14(17)13-6-4-9-16-12-13;1-3-8(7-10-5-1)9-4-2-6-11-9;1-7-3-2-4(5)6/h4,6,9,12,14H,2-3,5,7-8,10-11H2,1H3;1,3,5,7,9,11H,2,4,6H2;2-3H2,1H3,(H,5,6). The van der Waals surface area contributed by atoms with E-state index in [4.69, 9.17) is 5.11 Å². The molecule has 4 heterocycles. The number of carbonyl (C=O) groups is 2. The number of aromatic nitrogens is 2. The highest BCUT2D eigenvalue weighted by atomic mass is 16.5. The van der Waals surface area contributed by atoms with Crippen LogP contribution < -0.4 is 5.32 Å². The lowest BCUT2D eigenvalue weighted by Gasteiger charge is -2.24. The van der Waals surface area contributed by atoms with Crippen molar-refractivity contribution in [3.8, 4) is 0 Å². The van der Waals surface area contributed by atoms with Gasteiger partial charge in [0.05, 0.1) is 20.1 Å². The summed E-state index contributed by atoms with van der Waals surface area (Å²) in [5.41, 5.74) is 2.64. The maximum absolute atomic E-state index is 11.0. The number of aliphatic carboxylic acids is 1. The highest BCUT2D eigenvalue weighted by Crippen LogP contribution is 2.31. The fourth-order valence-corrected chi connectivity index (χ4v) is 4.47. The Kier molecular flexibility index (Phi) is 15.1. The molecule has 204 valence electrons. The highest BCUT2D eigenvalue weighted by molar-refractivity contribution is 5.69. The Hall–Kier alpha value is -2.88. The first kappa shape index (κ1) is 30.3. The molecule has 2 unspecified atom stereocenters. The van der Waals surface area contributed by atoms with Crippen LogP contribution in [-0.2, 0) is 19.1 Å². The van der Waals surface area contributed by atoms with E-state index in [9.17, 15) is 9.59 Å². The average molecular weight is 515 g/mol. The van der Waals surface area contributed by atoms with Crippen molar-refractivity contribution in [1.82, 2.24) is 20.2 Å². The largest absolute Gasteiger partial charge is 0.481 e. The van der Waals surface area contributed by atoms with Crippen molar-refractivity contribution in [2.45, 2.75) is 63.5 Å². The second-order valence-electron chi connectivity index (χ2n) is 9.09. The van der Waals surface area contributed by atoms with E-state index < -0.39 is 5.97 Å². The molecule has 9 nitrogen and oxygen atoms in total. The van der Waals surface area contributed by atoms with Gasteiger partial charge in [0, 0.05) is 50.4 Å². The molecule has 0 spiro atoms. The number of nitrogens with one attached hydrogen (secondary N) is 1. The quantitative estimate of drug-likeness (QED) is 0.356. The SMILES string of the molecule is COC(=O)CCCCN1CCCC1c1cccnc1.COCCC(=O)O.c1cncc(C2CCCN2)c1. The third-order valence-electron chi connectivity index (χ3n) is 6.40. The number of nitrogens with zero attached hydrogens (tertiary/aromatic N) is 3. The number of methoxy groups -OCH3 is 2. The number of unbranched alkanes of at least 4 members (excludes halogenated alkanes) is 1. The number of esters is 1. The summed E-state index contributed by atoms with van der Waals surface area (Å²) >= 11 is 0. The van der Waals surface area contributed by atoms with Crippen molar-refractivity contribution in [3.63, 3.8) is 0 Å². The van der Waals surface area contributed by atoms with E-state index in [2.05, 4.69) is 41.8 Å². The van der Waals surface area contributed by atoms with E-state index in [1.165, 1.54) is 51.0 Å². The Morgan fingerprint density at radius 2 is 1.76 bits per heavy atom.